The topological polar surface area (TPSA) is 46.2 Å². The van der Waals surface area contributed by atoms with Crippen LogP contribution in [0, 0.1) is 3.57 Å². The molecule has 4 heteroatoms. The average Bonchev–Trinajstić information content (AvgIpc) is 2.09. The largest absolute Gasteiger partial charge is 0.395 e. The van der Waals surface area contributed by atoms with Crippen molar-refractivity contribution in [3.63, 3.8) is 0 Å². The maximum Gasteiger partial charge on any atom is 0.0585 e. The highest BCUT2D eigenvalue weighted by Gasteiger charge is 2.01. The summed E-state index contributed by atoms with van der Waals surface area (Å²) in [4.78, 5) is 0. The van der Waals surface area contributed by atoms with Gasteiger partial charge in [-0.05, 0) is 46.7 Å². The summed E-state index contributed by atoms with van der Waals surface area (Å²) >= 11 is 2.26. The summed E-state index contributed by atoms with van der Waals surface area (Å²) in [5.41, 5.74) is 6.77. The van der Waals surface area contributed by atoms with E-state index in [1.54, 1.807) is 0 Å². The molecule has 1 atom stereocenters. The molecule has 1 aromatic rings. The number of nitrogens with two attached hydrogens (primary N) is 1. The first-order valence-corrected chi connectivity index (χ1v) is 4.91. The Kier molecular flexibility index (Phi) is 6.67. The van der Waals surface area contributed by atoms with Crippen LogP contribution in [0.15, 0.2) is 24.3 Å². The zero-order valence-electron chi connectivity index (χ0n) is 7.11. The van der Waals surface area contributed by atoms with Crippen molar-refractivity contribution < 1.29 is 5.11 Å². The van der Waals surface area contributed by atoms with Crippen LogP contribution in [0.5, 0.6) is 0 Å². The number of benzene rings is 1. The van der Waals surface area contributed by atoms with Crippen molar-refractivity contribution in [2.45, 2.75) is 12.5 Å². The van der Waals surface area contributed by atoms with E-state index in [4.69, 9.17) is 10.8 Å². The second kappa shape index (κ2) is 6.59. The van der Waals surface area contributed by atoms with Gasteiger partial charge in [-0.1, -0.05) is 12.1 Å². The molecule has 0 saturated carbocycles. The molecule has 0 amide bonds. The average molecular weight is 314 g/mol. The Bertz CT molecular complexity index is 240. The minimum atomic E-state index is -0.134. The van der Waals surface area contributed by atoms with Gasteiger partial charge in [0.1, 0.15) is 0 Å². The van der Waals surface area contributed by atoms with Crippen molar-refractivity contribution >= 4 is 35.0 Å². The molecule has 1 aromatic carbocycles. The van der Waals surface area contributed by atoms with Gasteiger partial charge in [0.25, 0.3) is 0 Å². The van der Waals surface area contributed by atoms with Gasteiger partial charge in [-0.25, -0.2) is 0 Å². The molecule has 0 spiro atoms. The molecule has 0 radical (unpaired) electrons. The summed E-state index contributed by atoms with van der Waals surface area (Å²) in [6.07, 6.45) is 0.743. The molecule has 0 saturated heterocycles. The highest BCUT2D eigenvalue weighted by molar-refractivity contribution is 14.1. The smallest absolute Gasteiger partial charge is 0.0585 e. The third-order valence-corrected chi connectivity index (χ3v) is 2.36. The van der Waals surface area contributed by atoms with Crippen LogP contribution in [-0.2, 0) is 6.42 Å². The maximum atomic E-state index is 8.72. The molecule has 0 aliphatic heterocycles. The summed E-state index contributed by atoms with van der Waals surface area (Å²) in [6, 6.07) is 8.03. The summed E-state index contributed by atoms with van der Waals surface area (Å²) < 4.78 is 1.22. The lowest BCUT2D eigenvalue weighted by Crippen LogP contribution is -2.26. The third kappa shape index (κ3) is 4.81. The van der Waals surface area contributed by atoms with E-state index < -0.39 is 0 Å². The van der Waals surface area contributed by atoms with Crippen LogP contribution in [0.4, 0.5) is 0 Å². The van der Waals surface area contributed by atoms with E-state index in [0.29, 0.717) is 0 Å². The Morgan fingerprint density at radius 1 is 1.31 bits per heavy atom. The molecule has 0 bridgehead atoms. The molecule has 0 fully saturated rings. The fourth-order valence-electron chi connectivity index (χ4n) is 0.988. The lowest BCUT2D eigenvalue weighted by Gasteiger charge is -2.07. The van der Waals surface area contributed by atoms with Gasteiger partial charge in [-0.2, -0.15) is 0 Å². The van der Waals surface area contributed by atoms with E-state index in [9.17, 15) is 0 Å². The quantitative estimate of drug-likeness (QED) is 0.832. The van der Waals surface area contributed by atoms with Crippen molar-refractivity contribution in [3.05, 3.63) is 33.4 Å². The predicted octanol–water partition coefficient (Wildman–Crippen LogP) is 1.58. The first kappa shape index (κ1) is 13.2. The van der Waals surface area contributed by atoms with Crippen LogP contribution in [0.1, 0.15) is 5.56 Å². The molecular formula is C9H13ClINO. The molecular weight excluding hydrogens is 300 g/mol. The molecule has 0 heterocycles. The summed E-state index contributed by atoms with van der Waals surface area (Å²) in [5, 5.41) is 8.72. The first-order valence-electron chi connectivity index (χ1n) is 3.83. The van der Waals surface area contributed by atoms with Crippen molar-refractivity contribution in [1.29, 1.82) is 0 Å². The maximum absolute atomic E-state index is 8.72. The normalized spacial score (nSPS) is 11.9. The summed E-state index contributed by atoms with van der Waals surface area (Å²) in [6.45, 7) is 0.0476. The molecule has 3 N–H and O–H groups in total. The third-order valence-electron chi connectivity index (χ3n) is 1.65. The van der Waals surface area contributed by atoms with E-state index in [0.717, 1.165) is 6.42 Å². The van der Waals surface area contributed by atoms with E-state index in [1.165, 1.54) is 9.13 Å². The standard InChI is InChI=1S/C9H12INO.ClH/c10-8-3-1-7(2-4-8)5-9(11)6-12;/h1-4,9,12H,5-6,11H2;1H/t9-;/m0./s1. The molecule has 0 unspecified atom stereocenters. The van der Waals surface area contributed by atoms with Crippen LogP contribution >= 0.6 is 35.0 Å². The highest BCUT2D eigenvalue weighted by Crippen LogP contribution is 2.07. The van der Waals surface area contributed by atoms with Gasteiger partial charge in [-0.15, -0.1) is 12.4 Å². The second-order valence-electron chi connectivity index (χ2n) is 2.77. The van der Waals surface area contributed by atoms with Gasteiger partial charge >= 0.3 is 0 Å². The number of rotatable bonds is 3. The Morgan fingerprint density at radius 2 is 1.85 bits per heavy atom. The SMILES string of the molecule is Cl.N[C@H](CO)Cc1ccc(I)cc1. The van der Waals surface area contributed by atoms with E-state index in [2.05, 4.69) is 22.6 Å². The molecule has 13 heavy (non-hydrogen) atoms. The minimum Gasteiger partial charge on any atom is -0.395 e. The molecule has 2 nitrogen and oxygen atoms in total. The van der Waals surface area contributed by atoms with Gasteiger partial charge in [0.2, 0.25) is 0 Å². The predicted molar refractivity (Wildman–Crippen MR) is 65.2 cm³/mol. The van der Waals surface area contributed by atoms with E-state index in [-0.39, 0.29) is 25.1 Å². The van der Waals surface area contributed by atoms with Crippen LogP contribution in [0.25, 0.3) is 0 Å². The van der Waals surface area contributed by atoms with Crippen molar-refractivity contribution in [2.24, 2.45) is 5.73 Å². The van der Waals surface area contributed by atoms with Crippen LogP contribution in [-0.4, -0.2) is 17.8 Å². The number of hydrogen-bond donors (Lipinski definition) is 2. The first-order chi connectivity index (χ1) is 5.72. The lowest BCUT2D eigenvalue weighted by atomic mass is 10.1. The Morgan fingerprint density at radius 3 is 2.31 bits per heavy atom. The lowest BCUT2D eigenvalue weighted by molar-refractivity contribution is 0.265. The number of aliphatic hydroxyl groups is 1. The van der Waals surface area contributed by atoms with Gasteiger partial charge in [0, 0.05) is 9.61 Å². The minimum absolute atomic E-state index is 0. The van der Waals surface area contributed by atoms with E-state index in [1.807, 2.05) is 24.3 Å². The zero-order valence-corrected chi connectivity index (χ0v) is 10.1. The zero-order chi connectivity index (χ0) is 8.97. The number of halogens is 2. The highest BCUT2D eigenvalue weighted by atomic mass is 127. The monoisotopic (exact) mass is 313 g/mol. The second-order valence-corrected chi connectivity index (χ2v) is 4.02. The molecule has 1 rings (SSSR count). The van der Waals surface area contributed by atoms with Crippen molar-refractivity contribution in [3.8, 4) is 0 Å². The van der Waals surface area contributed by atoms with Gasteiger partial charge in [0.05, 0.1) is 6.61 Å². The van der Waals surface area contributed by atoms with Crippen LogP contribution in [0.2, 0.25) is 0 Å². The van der Waals surface area contributed by atoms with Gasteiger partial charge in [0.15, 0.2) is 0 Å². The fraction of sp³-hybridized carbons (Fsp3) is 0.333. The van der Waals surface area contributed by atoms with Crippen molar-refractivity contribution in [1.82, 2.24) is 0 Å². The molecule has 0 aliphatic carbocycles. The molecule has 74 valence electrons. The fourth-order valence-corrected chi connectivity index (χ4v) is 1.35. The Labute approximate surface area is 98.1 Å². The summed E-state index contributed by atoms with van der Waals surface area (Å²) in [5.74, 6) is 0. The van der Waals surface area contributed by atoms with Gasteiger partial charge in [-0.3, -0.25) is 0 Å². The Balaban J connectivity index is 0.00000144. The summed E-state index contributed by atoms with van der Waals surface area (Å²) in [7, 11) is 0. The van der Waals surface area contributed by atoms with Crippen LogP contribution in [0.3, 0.4) is 0 Å². The van der Waals surface area contributed by atoms with Crippen LogP contribution < -0.4 is 5.73 Å². The van der Waals surface area contributed by atoms with Gasteiger partial charge < -0.3 is 10.8 Å². The Hall–Kier alpha value is 0.160. The molecule has 0 aliphatic rings. The molecule has 0 aromatic heterocycles. The van der Waals surface area contributed by atoms with E-state index >= 15 is 0 Å². The van der Waals surface area contributed by atoms with Crippen molar-refractivity contribution in [2.75, 3.05) is 6.61 Å². The number of aliphatic hydroxyl groups excluding tert-OH is 1. The number of hydrogen-bond acceptors (Lipinski definition) is 2.